The SMILES string of the molecule is COc1ccc(C(CC(=O)c2ccc(F)cc2)S(=O)(=O)O)cc1. The first-order valence-corrected chi connectivity index (χ1v) is 8.20. The Hall–Kier alpha value is -2.25. The first-order valence-electron chi connectivity index (χ1n) is 6.70. The molecule has 7 heteroatoms. The van der Waals surface area contributed by atoms with Gasteiger partial charge in [0.05, 0.1) is 7.11 Å². The smallest absolute Gasteiger partial charge is 0.272 e. The molecule has 0 radical (unpaired) electrons. The number of Topliss-reactive ketones (excluding diaryl/α,β-unsaturated/α-hetero) is 1. The minimum absolute atomic E-state index is 0.175. The van der Waals surface area contributed by atoms with E-state index in [4.69, 9.17) is 4.74 Å². The van der Waals surface area contributed by atoms with Gasteiger partial charge in [0.15, 0.2) is 5.78 Å². The lowest BCUT2D eigenvalue weighted by molar-refractivity contribution is 0.0979. The molecule has 0 fully saturated rings. The number of methoxy groups -OCH3 is 1. The van der Waals surface area contributed by atoms with Crippen LogP contribution in [-0.2, 0) is 10.1 Å². The van der Waals surface area contributed by atoms with Gasteiger partial charge in [0, 0.05) is 12.0 Å². The summed E-state index contributed by atoms with van der Waals surface area (Å²) in [6.45, 7) is 0. The third-order valence-electron chi connectivity index (χ3n) is 3.38. The van der Waals surface area contributed by atoms with Crippen molar-refractivity contribution in [1.29, 1.82) is 0 Å². The van der Waals surface area contributed by atoms with Gasteiger partial charge in [0.25, 0.3) is 10.1 Å². The van der Waals surface area contributed by atoms with Crippen LogP contribution in [-0.4, -0.2) is 25.9 Å². The van der Waals surface area contributed by atoms with E-state index in [0.717, 1.165) is 12.1 Å². The Labute approximate surface area is 133 Å². The molecule has 0 aromatic heterocycles. The number of ketones is 1. The Morgan fingerprint density at radius 3 is 2.17 bits per heavy atom. The predicted molar refractivity (Wildman–Crippen MR) is 82.6 cm³/mol. The zero-order valence-corrected chi connectivity index (χ0v) is 13.1. The second-order valence-electron chi connectivity index (χ2n) is 4.91. The van der Waals surface area contributed by atoms with Crippen LogP contribution in [0.1, 0.15) is 27.6 Å². The van der Waals surface area contributed by atoms with Gasteiger partial charge in [-0.05, 0) is 42.0 Å². The maximum atomic E-state index is 12.9. The molecule has 0 saturated heterocycles. The molecule has 0 aliphatic carbocycles. The standard InChI is InChI=1S/C16H15FO5S/c1-22-14-8-4-12(5-9-14)16(23(19,20)21)10-15(18)11-2-6-13(17)7-3-11/h2-9,16H,10H2,1H3,(H,19,20,21). The van der Waals surface area contributed by atoms with Crippen LogP contribution in [0.2, 0.25) is 0 Å². The molecule has 0 bridgehead atoms. The molecule has 0 aliphatic heterocycles. The number of benzene rings is 2. The Bertz CT molecular complexity index is 782. The van der Waals surface area contributed by atoms with E-state index in [0.29, 0.717) is 5.75 Å². The highest BCUT2D eigenvalue weighted by molar-refractivity contribution is 7.86. The van der Waals surface area contributed by atoms with Crippen LogP contribution >= 0.6 is 0 Å². The number of carbonyl (C=O) groups excluding carboxylic acids is 1. The quantitative estimate of drug-likeness (QED) is 0.647. The average molecular weight is 338 g/mol. The number of carbonyl (C=O) groups is 1. The highest BCUT2D eigenvalue weighted by Gasteiger charge is 2.28. The maximum absolute atomic E-state index is 12.9. The lowest BCUT2D eigenvalue weighted by Crippen LogP contribution is -2.16. The summed E-state index contributed by atoms with van der Waals surface area (Å²) in [7, 11) is -3.02. The van der Waals surface area contributed by atoms with Crippen molar-refractivity contribution in [2.24, 2.45) is 0 Å². The third kappa shape index (κ3) is 4.37. The first kappa shape index (κ1) is 17.1. The van der Waals surface area contributed by atoms with Gasteiger partial charge in [-0.3, -0.25) is 9.35 Å². The average Bonchev–Trinajstić information content (AvgIpc) is 2.52. The van der Waals surface area contributed by atoms with E-state index in [2.05, 4.69) is 0 Å². The molecule has 0 spiro atoms. The molecule has 2 aromatic rings. The molecule has 122 valence electrons. The summed E-state index contributed by atoms with van der Waals surface area (Å²) in [6, 6.07) is 10.8. The lowest BCUT2D eigenvalue weighted by atomic mass is 10.0. The molecule has 1 unspecified atom stereocenters. The summed E-state index contributed by atoms with van der Waals surface area (Å²) < 4.78 is 50.5. The van der Waals surface area contributed by atoms with Gasteiger partial charge >= 0.3 is 0 Å². The number of hydrogen-bond donors (Lipinski definition) is 1. The van der Waals surface area contributed by atoms with Gasteiger partial charge in [-0.15, -0.1) is 0 Å². The van der Waals surface area contributed by atoms with Gasteiger partial charge in [-0.25, -0.2) is 4.39 Å². The fraction of sp³-hybridized carbons (Fsp3) is 0.188. The molecule has 1 N–H and O–H groups in total. The van der Waals surface area contributed by atoms with Gasteiger partial charge in [-0.2, -0.15) is 8.42 Å². The van der Waals surface area contributed by atoms with Crippen LogP contribution in [0.15, 0.2) is 48.5 Å². The molecular formula is C16H15FO5S. The molecule has 0 aliphatic rings. The highest BCUT2D eigenvalue weighted by atomic mass is 32.2. The van der Waals surface area contributed by atoms with Gasteiger partial charge in [-0.1, -0.05) is 12.1 Å². The minimum atomic E-state index is -4.48. The lowest BCUT2D eigenvalue weighted by Gasteiger charge is -2.14. The van der Waals surface area contributed by atoms with Crippen LogP contribution in [0, 0.1) is 5.82 Å². The molecule has 1 atom stereocenters. The second-order valence-corrected chi connectivity index (χ2v) is 6.51. The second kappa shape index (κ2) is 6.89. The van der Waals surface area contributed by atoms with E-state index >= 15 is 0 Å². The van der Waals surface area contributed by atoms with Crippen LogP contribution in [0.25, 0.3) is 0 Å². The summed E-state index contributed by atoms with van der Waals surface area (Å²) in [5.41, 5.74) is 0.442. The Balaban J connectivity index is 2.28. The Morgan fingerprint density at radius 2 is 1.70 bits per heavy atom. The van der Waals surface area contributed by atoms with Crippen molar-refractivity contribution in [3.63, 3.8) is 0 Å². The number of rotatable bonds is 6. The van der Waals surface area contributed by atoms with Crippen molar-refractivity contribution in [2.75, 3.05) is 7.11 Å². The van der Waals surface area contributed by atoms with Crippen LogP contribution in [0.5, 0.6) is 5.75 Å². The first-order chi connectivity index (χ1) is 10.8. The van der Waals surface area contributed by atoms with Crippen molar-refractivity contribution in [3.8, 4) is 5.75 Å². The van der Waals surface area contributed by atoms with E-state index in [-0.39, 0.29) is 11.1 Å². The largest absolute Gasteiger partial charge is 0.497 e. The summed E-state index contributed by atoms with van der Waals surface area (Å²) in [5.74, 6) is -0.487. The highest BCUT2D eigenvalue weighted by Crippen LogP contribution is 2.28. The van der Waals surface area contributed by atoms with Gasteiger partial charge in [0.2, 0.25) is 0 Å². The monoisotopic (exact) mass is 338 g/mol. The molecule has 0 heterocycles. The molecular weight excluding hydrogens is 323 g/mol. The minimum Gasteiger partial charge on any atom is -0.497 e. The third-order valence-corrected chi connectivity index (χ3v) is 4.54. The van der Waals surface area contributed by atoms with Crippen LogP contribution < -0.4 is 4.74 Å². The van der Waals surface area contributed by atoms with Crippen molar-refractivity contribution < 1.29 is 26.9 Å². The van der Waals surface area contributed by atoms with E-state index in [9.17, 15) is 22.2 Å². The Morgan fingerprint density at radius 1 is 1.13 bits per heavy atom. The van der Waals surface area contributed by atoms with Gasteiger partial charge < -0.3 is 4.74 Å². The molecule has 2 aromatic carbocycles. The van der Waals surface area contributed by atoms with Crippen LogP contribution in [0.4, 0.5) is 4.39 Å². The summed E-state index contributed by atoms with van der Waals surface area (Å²) in [4.78, 5) is 12.2. The molecule has 2 rings (SSSR count). The van der Waals surface area contributed by atoms with Crippen molar-refractivity contribution in [1.82, 2.24) is 0 Å². The van der Waals surface area contributed by atoms with Crippen LogP contribution in [0.3, 0.4) is 0 Å². The molecule has 0 saturated carbocycles. The fourth-order valence-corrected chi connectivity index (χ4v) is 3.00. The zero-order valence-electron chi connectivity index (χ0n) is 12.3. The van der Waals surface area contributed by atoms with E-state index in [1.54, 1.807) is 0 Å². The van der Waals surface area contributed by atoms with Crippen molar-refractivity contribution >= 4 is 15.9 Å². The molecule has 23 heavy (non-hydrogen) atoms. The number of halogens is 1. The molecule has 0 amide bonds. The summed E-state index contributed by atoms with van der Waals surface area (Å²) in [5, 5.41) is -1.40. The fourth-order valence-electron chi connectivity index (χ4n) is 2.14. The van der Waals surface area contributed by atoms with E-state index in [1.165, 1.54) is 43.5 Å². The Kier molecular flexibility index (Phi) is 5.12. The van der Waals surface area contributed by atoms with Gasteiger partial charge in [0.1, 0.15) is 16.8 Å². The van der Waals surface area contributed by atoms with Crippen molar-refractivity contribution in [3.05, 3.63) is 65.5 Å². The zero-order chi connectivity index (χ0) is 17.0. The van der Waals surface area contributed by atoms with E-state index in [1.807, 2.05) is 0 Å². The number of ether oxygens (including phenoxy) is 1. The van der Waals surface area contributed by atoms with E-state index < -0.39 is 33.4 Å². The summed E-state index contributed by atoms with van der Waals surface area (Å²) in [6.07, 6.45) is -0.448. The topological polar surface area (TPSA) is 80.7 Å². The molecule has 5 nitrogen and oxygen atoms in total. The maximum Gasteiger partial charge on any atom is 0.272 e. The number of hydrogen-bond acceptors (Lipinski definition) is 4. The predicted octanol–water partition coefficient (Wildman–Crippen LogP) is 3.04. The normalized spacial score (nSPS) is 12.7. The van der Waals surface area contributed by atoms with Crippen molar-refractivity contribution in [2.45, 2.75) is 11.7 Å². The summed E-state index contributed by atoms with van der Waals surface area (Å²) >= 11 is 0.